The van der Waals surface area contributed by atoms with Crippen molar-refractivity contribution >= 4 is 0 Å². The first-order valence-corrected chi connectivity index (χ1v) is 3.41. The quantitative estimate of drug-likeness (QED) is 0.590. The van der Waals surface area contributed by atoms with Gasteiger partial charge in [-0.15, -0.1) is 0 Å². The standard InChI is InChI=1S/C8H12O2/c1-6-3-2-4-7(6)8(10)5-9/h2-3,8-10H,4-5H2,1H3. The molecule has 0 saturated heterocycles. The first-order valence-electron chi connectivity index (χ1n) is 3.41. The van der Waals surface area contributed by atoms with Crippen molar-refractivity contribution in [3.8, 4) is 0 Å². The van der Waals surface area contributed by atoms with E-state index in [0.29, 0.717) is 0 Å². The molecule has 0 aliphatic heterocycles. The first kappa shape index (κ1) is 7.51. The maximum atomic E-state index is 9.18. The van der Waals surface area contributed by atoms with Crippen LogP contribution in [-0.2, 0) is 0 Å². The van der Waals surface area contributed by atoms with Crippen LogP contribution in [0.2, 0.25) is 0 Å². The number of aliphatic hydroxyl groups is 2. The number of allylic oxidation sites excluding steroid dienone is 3. The molecule has 56 valence electrons. The lowest BCUT2D eigenvalue weighted by Crippen LogP contribution is -2.14. The number of rotatable bonds is 2. The van der Waals surface area contributed by atoms with E-state index in [2.05, 4.69) is 0 Å². The fourth-order valence-corrected chi connectivity index (χ4v) is 1.14. The average Bonchev–Trinajstić information content (AvgIpc) is 2.34. The maximum absolute atomic E-state index is 9.18. The lowest BCUT2D eigenvalue weighted by molar-refractivity contribution is 0.120. The molecule has 0 spiro atoms. The molecule has 0 radical (unpaired) electrons. The Bertz CT molecular complexity index is 180. The van der Waals surface area contributed by atoms with Crippen molar-refractivity contribution in [3.05, 3.63) is 23.3 Å². The molecule has 0 bridgehead atoms. The van der Waals surface area contributed by atoms with E-state index in [1.54, 1.807) is 0 Å². The van der Waals surface area contributed by atoms with E-state index in [1.165, 1.54) is 0 Å². The molecular formula is C8H12O2. The SMILES string of the molecule is CC1=C(C(O)CO)CC=C1. The molecule has 1 rings (SSSR count). The Kier molecular flexibility index (Phi) is 2.25. The van der Waals surface area contributed by atoms with Gasteiger partial charge in [0.05, 0.1) is 12.7 Å². The number of hydrogen-bond acceptors (Lipinski definition) is 2. The highest BCUT2D eigenvalue weighted by atomic mass is 16.3. The fourth-order valence-electron chi connectivity index (χ4n) is 1.14. The van der Waals surface area contributed by atoms with Gasteiger partial charge in [0.2, 0.25) is 0 Å². The molecule has 0 aromatic heterocycles. The summed E-state index contributed by atoms with van der Waals surface area (Å²) in [5, 5.41) is 17.8. The summed E-state index contributed by atoms with van der Waals surface area (Å²) in [6.45, 7) is 1.77. The molecule has 2 heteroatoms. The van der Waals surface area contributed by atoms with E-state index in [1.807, 2.05) is 19.1 Å². The zero-order valence-electron chi connectivity index (χ0n) is 6.04. The van der Waals surface area contributed by atoms with Crippen LogP contribution in [0.4, 0.5) is 0 Å². The Morgan fingerprint density at radius 1 is 1.70 bits per heavy atom. The van der Waals surface area contributed by atoms with Crippen LogP contribution in [0, 0.1) is 0 Å². The second kappa shape index (κ2) is 2.99. The summed E-state index contributed by atoms with van der Waals surface area (Å²) in [5.74, 6) is 0. The summed E-state index contributed by atoms with van der Waals surface area (Å²) < 4.78 is 0. The average molecular weight is 140 g/mol. The molecule has 1 unspecified atom stereocenters. The molecule has 2 N–H and O–H groups in total. The van der Waals surface area contributed by atoms with Crippen LogP contribution in [0.25, 0.3) is 0 Å². The molecule has 1 atom stereocenters. The van der Waals surface area contributed by atoms with Crippen LogP contribution in [-0.4, -0.2) is 22.9 Å². The highest BCUT2D eigenvalue weighted by molar-refractivity contribution is 5.34. The van der Waals surface area contributed by atoms with E-state index in [-0.39, 0.29) is 6.61 Å². The number of aliphatic hydroxyl groups excluding tert-OH is 2. The third-order valence-corrected chi connectivity index (χ3v) is 1.79. The van der Waals surface area contributed by atoms with Crippen LogP contribution in [0.5, 0.6) is 0 Å². The zero-order valence-corrected chi connectivity index (χ0v) is 6.04. The van der Waals surface area contributed by atoms with Gasteiger partial charge in [-0.1, -0.05) is 12.2 Å². The van der Waals surface area contributed by atoms with Gasteiger partial charge < -0.3 is 10.2 Å². The van der Waals surface area contributed by atoms with Gasteiger partial charge in [0, 0.05) is 0 Å². The summed E-state index contributed by atoms with van der Waals surface area (Å²) in [6.07, 6.45) is 4.08. The van der Waals surface area contributed by atoms with Gasteiger partial charge in [-0.25, -0.2) is 0 Å². The molecule has 1 aliphatic carbocycles. The van der Waals surface area contributed by atoms with Gasteiger partial charge in [-0.2, -0.15) is 0 Å². The Morgan fingerprint density at radius 2 is 2.40 bits per heavy atom. The zero-order chi connectivity index (χ0) is 7.56. The Hall–Kier alpha value is -0.600. The van der Waals surface area contributed by atoms with Crippen LogP contribution in [0.15, 0.2) is 23.3 Å². The lowest BCUT2D eigenvalue weighted by Gasteiger charge is -2.08. The molecular weight excluding hydrogens is 128 g/mol. The van der Waals surface area contributed by atoms with Gasteiger partial charge in [0.25, 0.3) is 0 Å². The van der Waals surface area contributed by atoms with Crippen LogP contribution >= 0.6 is 0 Å². The van der Waals surface area contributed by atoms with Gasteiger partial charge in [-0.3, -0.25) is 0 Å². The molecule has 10 heavy (non-hydrogen) atoms. The van der Waals surface area contributed by atoms with Gasteiger partial charge in [0.1, 0.15) is 0 Å². The molecule has 1 aliphatic rings. The Morgan fingerprint density at radius 3 is 2.80 bits per heavy atom. The Labute approximate surface area is 60.5 Å². The molecule has 0 fully saturated rings. The van der Waals surface area contributed by atoms with E-state index in [9.17, 15) is 5.11 Å². The normalized spacial score (nSPS) is 20.3. The van der Waals surface area contributed by atoms with Crippen molar-refractivity contribution in [3.63, 3.8) is 0 Å². The minimum Gasteiger partial charge on any atom is -0.393 e. The van der Waals surface area contributed by atoms with Gasteiger partial charge >= 0.3 is 0 Å². The predicted molar refractivity (Wildman–Crippen MR) is 39.5 cm³/mol. The fraction of sp³-hybridized carbons (Fsp3) is 0.500. The van der Waals surface area contributed by atoms with Crippen molar-refractivity contribution in [1.82, 2.24) is 0 Å². The lowest BCUT2D eigenvalue weighted by atomic mass is 10.1. The van der Waals surface area contributed by atoms with E-state index in [4.69, 9.17) is 5.11 Å². The summed E-state index contributed by atoms with van der Waals surface area (Å²) in [5.41, 5.74) is 2.03. The summed E-state index contributed by atoms with van der Waals surface area (Å²) in [4.78, 5) is 0. The highest BCUT2D eigenvalue weighted by Gasteiger charge is 2.13. The second-order valence-electron chi connectivity index (χ2n) is 2.51. The van der Waals surface area contributed by atoms with Crippen molar-refractivity contribution in [1.29, 1.82) is 0 Å². The molecule has 2 nitrogen and oxygen atoms in total. The van der Waals surface area contributed by atoms with Gasteiger partial charge in [0.15, 0.2) is 0 Å². The third-order valence-electron chi connectivity index (χ3n) is 1.79. The first-order chi connectivity index (χ1) is 4.75. The molecule has 0 aromatic rings. The molecule has 0 aromatic carbocycles. The van der Waals surface area contributed by atoms with E-state index < -0.39 is 6.10 Å². The van der Waals surface area contributed by atoms with Crippen molar-refractivity contribution < 1.29 is 10.2 Å². The summed E-state index contributed by atoms with van der Waals surface area (Å²) in [6, 6.07) is 0. The minimum atomic E-state index is -0.657. The minimum absolute atomic E-state index is 0.172. The van der Waals surface area contributed by atoms with Crippen LogP contribution in [0.1, 0.15) is 13.3 Å². The van der Waals surface area contributed by atoms with E-state index in [0.717, 1.165) is 17.6 Å². The monoisotopic (exact) mass is 140 g/mol. The van der Waals surface area contributed by atoms with Crippen molar-refractivity contribution in [2.45, 2.75) is 19.4 Å². The highest BCUT2D eigenvalue weighted by Crippen LogP contribution is 2.20. The molecule has 0 heterocycles. The maximum Gasteiger partial charge on any atom is 0.0989 e. The summed E-state index contributed by atoms with van der Waals surface area (Å²) in [7, 11) is 0. The van der Waals surface area contributed by atoms with Crippen LogP contribution < -0.4 is 0 Å². The smallest absolute Gasteiger partial charge is 0.0989 e. The number of hydrogen-bond donors (Lipinski definition) is 2. The largest absolute Gasteiger partial charge is 0.393 e. The topological polar surface area (TPSA) is 40.5 Å². The summed E-state index contributed by atoms with van der Waals surface area (Å²) >= 11 is 0. The third kappa shape index (κ3) is 1.28. The Balaban J connectivity index is 2.66. The van der Waals surface area contributed by atoms with Gasteiger partial charge in [-0.05, 0) is 24.5 Å². The predicted octanol–water partition coefficient (Wildman–Crippen LogP) is 0.616. The van der Waals surface area contributed by atoms with Crippen molar-refractivity contribution in [2.75, 3.05) is 6.61 Å². The van der Waals surface area contributed by atoms with Crippen LogP contribution in [0.3, 0.4) is 0 Å². The second-order valence-corrected chi connectivity index (χ2v) is 2.51. The molecule has 0 amide bonds. The van der Waals surface area contributed by atoms with Crippen molar-refractivity contribution in [2.24, 2.45) is 0 Å². The molecule has 0 saturated carbocycles. The van der Waals surface area contributed by atoms with E-state index >= 15 is 0 Å².